The molecule has 0 radical (unpaired) electrons. The lowest BCUT2D eigenvalue weighted by Gasteiger charge is -2.36. The van der Waals surface area contributed by atoms with Crippen molar-refractivity contribution in [3.05, 3.63) is 34.3 Å². The fourth-order valence-corrected chi connectivity index (χ4v) is 3.60. The molecular formula is C16H25BrN2. The fraction of sp³-hybridized carbons (Fsp3) is 0.625. The predicted molar refractivity (Wildman–Crippen MR) is 85.4 cm³/mol. The molecule has 3 heteroatoms. The molecule has 1 aromatic carbocycles. The quantitative estimate of drug-likeness (QED) is 0.885. The molecule has 1 aromatic rings. The maximum atomic E-state index is 3.67. The maximum absolute atomic E-state index is 3.67. The van der Waals surface area contributed by atoms with Gasteiger partial charge in [0.05, 0.1) is 0 Å². The van der Waals surface area contributed by atoms with E-state index in [0.717, 1.165) is 12.5 Å². The van der Waals surface area contributed by atoms with Crippen molar-refractivity contribution >= 4 is 15.9 Å². The van der Waals surface area contributed by atoms with Crippen molar-refractivity contribution < 1.29 is 0 Å². The molecule has 0 aliphatic carbocycles. The fourth-order valence-electron chi connectivity index (χ4n) is 2.99. The van der Waals surface area contributed by atoms with Crippen LogP contribution in [0.25, 0.3) is 0 Å². The highest BCUT2D eigenvalue weighted by Gasteiger charge is 2.23. The summed E-state index contributed by atoms with van der Waals surface area (Å²) in [5.41, 5.74) is 1.41. The summed E-state index contributed by atoms with van der Waals surface area (Å²) in [6, 6.07) is 9.12. The lowest BCUT2D eigenvalue weighted by atomic mass is 9.92. The van der Waals surface area contributed by atoms with Gasteiger partial charge < -0.3 is 5.32 Å². The van der Waals surface area contributed by atoms with Gasteiger partial charge in [-0.1, -0.05) is 34.1 Å². The summed E-state index contributed by atoms with van der Waals surface area (Å²) in [5.74, 6) is 0.912. The van der Waals surface area contributed by atoms with E-state index < -0.39 is 0 Å². The molecule has 1 aliphatic rings. The second-order valence-corrected chi connectivity index (χ2v) is 6.42. The van der Waals surface area contributed by atoms with Gasteiger partial charge in [-0.15, -0.1) is 0 Å². The zero-order valence-electron chi connectivity index (χ0n) is 12.0. The van der Waals surface area contributed by atoms with E-state index in [-0.39, 0.29) is 0 Å². The molecule has 19 heavy (non-hydrogen) atoms. The Kier molecular flexibility index (Phi) is 5.86. The van der Waals surface area contributed by atoms with Crippen molar-refractivity contribution in [2.45, 2.75) is 32.2 Å². The lowest BCUT2D eigenvalue weighted by molar-refractivity contribution is 0.137. The Morgan fingerprint density at radius 2 is 2.00 bits per heavy atom. The van der Waals surface area contributed by atoms with Crippen molar-refractivity contribution in [2.24, 2.45) is 5.92 Å². The minimum atomic E-state index is 0.515. The molecule has 2 rings (SSSR count). The number of halogens is 1. The molecule has 0 spiro atoms. The molecule has 2 nitrogen and oxygen atoms in total. The van der Waals surface area contributed by atoms with E-state index in [2.05, 4.69) is 57.3 Å². The Hall–Kier alpha value is -0.380. The standard InChI is InChI=1S/C16H25BrN2/c1-13(15-5-3-4-6-16(15)17)19-11-8-14(9-12-19)7-10-18-2/h3-6,13-14,18H,7-12H2,1-2H3. The van der Waals surface area contributed by atoms with Gasteiger partial charge >= 0.3 is 0 Å². The molecule has 0 amide bonds. The molecule has 0 bridgehead atoms. The summed E-state index contributed by atoms with van der Waals surface area (Å²) < 4.78 is 1.24. The summed E-state index contributed by atoms with van der Waals surface area (Å²) in [5, 5.41) is 3.26. The van der Waals surface area contributed by atoms with Crippen LogP contribution in [0.1, 0.15) is 37.8 Å². The minimum absolute atomic E-state index is 0.515. The first kappa shape index (κ1) is 15.0. The van der Waals surface area contributed by atoms with Gasteiger partial charge in [-0.25, -0.2) is 0 Å². The Bertz CT molecular complexity index is 386. The third-order valence-corrected chi connectivity index (χ3v) is 5.08. The van der Waals surface area contributed by atoms with Gasteiger partial charge in [0, 0.05) is 10.5 Å². The van der Waals surface area contributed by atoms with E-state index in [1.54, 1.807) is 0 Å². The summed E-state index contributed by atoms with van der Waals surface area (Å²) in [7, 11) is 2.05. The largest absolute Gasteiger partial charge is 0.320 e. The number of hydrogen-bond acceptors (Lipinski definition) is 2. The van der Waals surface area contributed by atoms with Crippen molar-refractivity contribution in [1.82, 2.24) is 10.2 Å². The molecule has 1 aliphatic heterocycles. The van der Waals surface area contributed by atoms with Gasteiger partial charge in [0.15, 0.2) is 0 Å². The number of likely N-dealkylation sites (tertiary alicyclic amines) is 1. The van der Waals surface area contributed by atoms with E-state index in [1.165, 1.54) is 42.4 Å². The van der Waals surface area contributed by atoms with Crippen LogP contribution in [-0.2, 0) is 0 Å². The number of nitrogens with one attached hydrogen (secondary N) is 1. The molecule has 1 N–H and O–H groups in total. The minimum Gasteiger partial charge on any atom is -0.320 e. The highest BCUT2D eigenvalue weighted by molar-refractivity contribution is 9.10. The van der Waals surface area contributed by atoms with E-state index in [4.69, 9.17) is 0 Å². The Morgan fingerprint density at radius 3 is 2.63 bits per heavy atom. The zero-order chi connectivity index (χ0) is 13.7. The van der Waals surface area contributed by atoms with E-state index in [0.29, 0.717) is 6.04 Å². The van der Waals surface area contributed by atoms with Crippen LogP contribution in [-0.4, -0.2) is 31.6 Å². The number of piperidine rings is 1. The van der Waals surface area contributed by atoms with Crippen LogP contribution in [0.2, 0.25) is 0 Å². The Morgan fingerprint density at radius 1 is 1.32 bits per heavy atom. The molecular weight excluding hydrogens is 300 g/mol. The number of nitrogens with zero attached hydrogens (tertiary/aromatic N) is 1. The van der Waals surface area contributed by atoms with Crippen LogP contribution in [0, 0.1) is 5.92 Å². The average molecular weight is 325 g/mol. The molecule has 1 atom stereocenters. The van der Waals surface area contributed by atoms with Crippen LogP contribution in [0.5, 0.6) is 0 Å². The molecule has 1 saturated heterocycles. The SMILES string of the molecule is CNCCC1CCN(C(C)c2ccccc2Br)CC1. The van der Waals surface area contributed by atoms with Crippen molar-refractivity contribution in [3.63, 3.8) is 0 Å². The molecule has 0 aromatic heterocycles. The van der Waals surface area contributed by atoms with Gasteiger partial charge in [0.25, 0.3) is 0 Å². The van der Waals surface area contributed by atoms with Gasteiger partial charge in [-0.05, 0) is 70.4 Å². The van der Waals surface area contributed by atoms with E-state index in [1.807, 2.05) is 7.05 Å². The maximum Gasteiger partial charge on any atom is 0.0331 e. The van der Waals surface area contributed by atoms with Crippen LogP contribution >= 0.6 is 15.9 Å². The first-order valence-electron chi connectivity index (χ1n) is 7.35. The first-order valence-corrected chi connectivity index (χ1v) is 8.14. The van der Waals surface area contributed by atoms with Crippen LogP contribution in [0.4, 0.5) is 0 Å². The van der Waals surface area contributed by atoms with Gasteiger partial charge in [-0.3, -0.25) is 4.90 Å². The topological polar surface area (TPSA) is 15.3 Å². The molecule has 106 valence electrons. The zero-order valence-corrected chi connectivity index (χ0v) is 13.6. The Balaban J connectivity index is 1.89. The smallest absolute Gasteiger partial charge is 0.0331 e. The highest BCUT2D eigenvalue weighted by atomic mass is 79.9. The third-order valence-electron chi connectivity index (χ3n) is 4.35. The van der Waals surface area contributed by atoms with Crippen molar-refractivity contribution in [2.75, 3.05) is 26.7 Å². The molecule has 0 saturated carbocycles. The molecule has 1 fully saturated rings. The summed E-state index contributed by atoms with van der Waals surface area (Å²) in [4.78, 5) is 2.62. The van der Waals surface area contributed by atoms with Crippen LogP contribution < -0.4 is 5.32 Å². The normalized spacial score (nSPS) is 19.5. The highest BCUT2D eigenvalue weighted by Crippen LogP contribution is 2.31. The number of benzene rings is 1. The molecule has 1 heterocycles. The monoisotopic (exact) mass is 324 g/mol. The van der Waals surface area contributed by atoms with E-state index in [9.17, 15) is 0 Å². The number of hydrogen-bond donors (Lipinski definition) is 1. The van der Waals surface area contributed by atoms with Crippen LogP contribution in [0.15, 0.2) is 28.7 Å². The summed E-state index contributed by atoms with van der Waals surface area (Å²) in [6.07, 6.45) is 4.01. The second-order valence-electron chi connectivity index (χ2n) is 5.57. The summed E-state index contributed by atoms with van der Waals surface area (Å²) >= 11 is 3.67. The number of rotatable bonds is 5. The molecule has 1 unspecified atom stereocenters. The van der Waals surface area contributed by atoms with E-state index >= 15 is 0 Å². The van der Waals surface area contributed by atoms with Gasteiger partial charge in [0.2, 0.25) is 0 Å². The Labute approximate surface area is 125 Å². The van der Waals surface area contributed by atoms with Crippen molar-refractivity contribution in [1.29, 1.82) is 0 Å². The van der Waals surface area contributed by atoms with Gasteiger partial charge in [-0.2, -0.15) is 0 Å². The van der Waals surface area contributed by atoms with Crippen LogP contribution in [0.3, 0.4) is 0 Å². The second kappa shape index (κ2) is 7.41. The summed E-state index contributed by atoms with van der Waals surface area (Å²) in [6.45, 7) is 5.95. The average Bonchev–Trinajstić information content (AvgIpc) is 2.45. The third kappa shape index (κ3) is 4.04. The lowest BCUT2D eigenvalue weighted by Crippen LogP contribution is -2.36. The first-order chi connectivity index (χ1) is 9.22. The van der Waals surface area contributed by atoms with Gasteiger partial charge in [0.1, 0.15) is 0 Å². The van der Waals surface area contributed by atoms with Crippen molar-refractivity contribution in [3.8, 4) is 0 Å². The predicted octanol–water partition coefficient (Wildman–Crippen LogP) is 3.83.